The molecule has 8 nitrogen and oxygen atoms in total. The number of piperazine rings is 1. The van der Waals surface area contributed by atoms with Crippen LogP contribution in [0, 0.1) is 0 Å². The molecule has 0 bridgehead atoms. The molecule has 3 rings (SSSR count). The molecule has 0 spiro atoms. The first-order valence-electron chi connectivity index (χ1n) is 8.98. The Balaban J connectivity index is 1.81. The van der Waals surface area contributed by atoms with E-state index < -0.39 is 20.0 Å². The van der Waals surface area contributed by atoms with Crippen LogP contribution >= 0.6 is 0 Å². The molecule has 1 saturated heterocycles. The molecule has 0 radical (unpaired) electrons. The molecule has 10 heteroatoms. The Morgan fingerprint density at radius 1 is 1.00 bits per heavy atom. The average molecular weight is 438 g/mol. The molecule has 2 aromatic carbocycles. The van der Waals surface area contributed by atoms with Gasteiger partial charge in [0.2, 0.25) is 20.0 Å². The van der Waals surface area contributed by atoms with Crippen molar-refractivity contribution in [2.24, 2.45) is 5.14 Å². The first-order valence-corrected chi connectivity index (χ1v) is 12.4. The molecule has 0 saturated carbocycles. The molecule has 0 aliphatic carbocycles. The summed E-state index contributed by atoms with van der Waals surface area (Å²) in [6, 6.07) is 14.5. The predicted molar refractivity (Wildman–Crippen MR) is 109 cm³/mol. The molecule has 29 heavy (non-hydrogen) atoms. The minimum Gasteiger partial charge on any atom is -0.336 e. The second kappa shape index (κ2) is 8.23. The smallest absolute Gasteiger partial charge is 0.253 e. The van der Waals surface area contributed by atoms with Crippen LogP contribution in [0.1, 0.15) is 15.9 Å². The highest BCUT2D eigenvalue weighted by molar-refractivity contribution is 7.89. The Morgan fingerprint density at radius 3 is 2.17 bits per heavy atom. The van der Waals surface area contributed by atoms with Gasteiger partial charge in [-0.2, -0.15) is 4.31 Å². The molecule has 1 aliphatic rings. The van der Waals surface area contributed by atoms with Crippen LogP contribution in [-0.2, 0) is 26.5 Å². The van der Waals surface area contributed by atoms with E-state index in [1.807, 2.05) is 30.3 Å². The lowest BCUT2D eigenvalue weighted by molar-refractivity contribution is 0.0628. The number of rotatable bonds is 5. The van der Waals surface area contributed by atoms with Gasteiger partial charge >= 0.3 is 0 Å². The predicted octanol–water partition coefficient (Wildman–Crippen LogP) is 0.663. The Morgan fingerprint density at radius 2 is 1.62 bits per heavy atom. The molecule has 1 heterocycles. The first-order chi connectivity index (χ1) is 13.6. The monoisotopic (exact) mass is 437 g/mol. The number of carbonyl (C=O) groups is 1. The Labute approximate surface area is 171 Å². The normalized spacial score (nSPS) is 18.6. The molecule has 1 amide bonds. The lowest BCUT2D eigenvalue weighted by Gasteiger charge is -2.40. The summed E-state index contributed by atoms with van der Waals surface area (Å²) < 4.78 is 48.6. The van der Waals surface area contributed by atoms with E-state index in [-0.39, 0.29) is 36.5 Å². The van der Waals surface area contributed by atoms with Gasteiger partial charge in [-0.25, -0.2) is 22.0 Å². The zero-order chi connectivity index (χ0) is 21.2. The highest BCUT2D eigenvalue weighted by Gasteiger charge is 2.34. The molecule has 1 aliphatic heterocycles. The van der Waals surface area contributed by atoms with Crippen molar-refractivity contribution in [3.05, 3.63) is 65.7 Å². The summed E-state index contributed by atoms with van der Waals surface area (Å²) in [4.78, 5) is 14.4. The van der Waals surface area contributed by atoms with E-state index in [9.17, 15) is 21.6 Å². The fraction of sp³-hybridized carbons (Fsp3) is 0.316. The van der Waals surface area contributed by atoms with Crippen LogP contribution < -0.4 is 5.14 Å². The van der Waals surface area contributed by atoms with Crippen molar-refractivity contribution in [3.63, 3.8) is 0 Å². The summed E-state index contributed by atoms with van der Waals surface area (Å²) in [7, 11) is -7.25. The van der Waals surface area contributed by atoms with Gasteiger partial charge in [0.25, 0.3) is 5.91 Å². The first kappa shape index (κ1) is 21.4. The summed E-state index contributed by atoms with van der Waals surface area (Å²) in [5.74, 6) is -0.280. The molecular formula is C19H23N3O5S2. The van der Waals surface area contributed by atoms with Crippen molar-refractivity contribution >= 4 is 26.0 Å². The van der Waals surface area contributed by atoms with Crippen LogP contribution in [0.25, 0.3) is 0 Å². The Kier molecular flexibility index (Phi) is 6.08. The van der Waals surface area contributed by atoms with E-state index >= 15 is 0 Å². The van der Waals surface area contributed by atoms with Crippen molar-refractivity contribution in [3.8, 4) is 0 Å². The average Bonchev–Trinajstić information content (AvgIpc) is 2.67. The summed E-state index contributed by atoms with van der Waals surface area (Å²) in [5, 5.41) is 5.09. The molecule has 2 N–H and O–H groups in total. The maximum atomic E-state index is 12.9. The van der Waals surface area contributed by atoms with Gasteiger partial charge in [0.05, 0.1) is 11.2 Å². The van der Waals surface area contributed by atoms with Gasteiger partial charge in [0.1, 0.15) is 0 Å². The second-order valence-corrected chi connectivity index (χ2v) is 10.5. The number of benzene rings is 2. The van der Waals surface area contributed by atoms with Crippen molar-refractivity contribution in [2.75, 3.05) is 25.9 Å². The van der Waals surface area contributed by atoms with Crippen LogP contribution in [0.5, 0.6) is 0 Å². The minimum atomic E-state index is -3.84. The number of primary sulfonamides is 1. The zero-order valence-corrected chi connectivity index (χ0v) is 17.6. The third-order valence-electron chi connectivity index (χ3n) is 4.89. The molecular weight excluding hydrogens is 414 g/mol. The van der Waals surface area contributed by atoms with Crippen LogP contribution in [-0.4, -0.2) is 63.9 Å². The number of hydrogen-bond acceptors (Lipinski definition) is 5. The van der Waals surface area contributed by atoms with Crippen LogP contribution in [0.4, 0.5) is 0 Å². The van der Waals surface area contributed by atoms with Gasteiger partial charge in [0, 0.05) is 31.2 Å². The summed E-state index contributed by atoms with van der Waals surface area (Å²) in [5.41, 5.74) is 1.31. The van der Waals surface area contributed by atoms with E-state index in [4.69, 9.17) is 5.14 Å². The third kappa shape index (κ3) is 5.21. The van der Waals surface area contributed by atoms with Crippen molar-refractivity contribution < 1.29 is 21.6 Å². The molecule has 0 aromatic heterocycles. The highest BCUT2D eigenvalue weighted by atomic mass is 32.2. The van der Waals surface area contributed by atoms with Gasteiger partial charge in [0.15, 0.2) is 0 Å². The van der Waals surface area contributed by atoms with Crippen LogP contribution in [0.15, 0.2) is 59.5 Å². The van der Waals surface area contributed by atoms with Gasteiger partial charge in [-0.05, 0) is 36.2 Å². The SMILES string of the molecule is CS(=O)(=O)N1CCN(C(=O)c2ccc(S(N)(=O)=O)cc2)C[C@H]1Cc1ccccc1. The van der Waals surface area contributed by atoms with Gasteiger partial charge in [-0.3, -0.25) is 4.79 Å². The van der Waals surface area contributed by atoms with Gasteiger partial charge < -0.3 is 4.90 Å². The Bertz CT molecular complexity index is 1080. The molecule has 2 aromatic rings. The summed E-state index contributed by atoms with van der Waals surface area (Å²) >= 11 is 0. The van der Waals surface area contributed by atoms with E-state index in [0.29, 0.717) is 12.0 Å². The number of amides is 1. The number of sulfonamides is 2. The molecule has 1 atom stereocenters. The lowest BCUT2D eigenvalue weighted by Crippen LogP contribution is -2.57. The van der Waals surface area contributed by atoms with E-state index in [0.717, 1.165) is 5.56 Å². The van der Waals surface area contributed by atoms with Crippen molar-refractivity contribution in [1.82, 2.24) is 9.21 Å². The fourth-order valence-corrected chi connectivity index (χ4v) is 5.09. The number of nitrogens with zero attached hydrogens (tertiary/aromatic N) is 2. The van der Waals surface area contributed by atoms with E-state index in [1.54, 1.807) is 4.90 Å². The molecule has 156 valence electrons. The number of hydrogen-bond donors (Lipinski definition) is 1. The lowest BCUT2D eigenvalue weighted by atomic mass is 10.0. The quantitative estimate of drug-likeness (QED) is 0.737. The van der Waals surface area contributed by atoms with E-state index in [1.165, 1.54) is 34.8 Å². The fourth-order valence-electron chi connectivity index (χ4n) is 3.48. The topological polar surface area (TPSA) is 118 Å². The van der Waals surface area contributed by atoms with Crippen molar-refractivity contribution in [2.45, 2.75) is 17.4 Å². The Hall–Kier alpha value is -2.27. The van der Waals surface area contributed by atoms with Crippen LogP contribution in [0.3, 0.4) is 0 Å². The maximum Gasteiger partial charge on any atom is 0.253 e. The largest absolute Gasteiger partial charge is 0.336 e. The molecule has 0 unspecified atom stereocenters. The molecule has 1 fully saturated rings. The third-order valence-corrected chi connectivity index (χ3v) is 7.15. The number of carbonyl (C=O) groups excluding carboxylic acids is 1. The van der Waals surface area contributed by atoms with Gasteiger partial charge in [-0.1, -0.05) is 30.3 Å². The highest BCUT2D eigenvalue weighted by Crippen LogP contribution is 2.20. The van der Waals surface area contributed by atoms with Crippen molar-refractivity contribution in [1.29, 1.82) is 0 Å². The van der Waals surface area contributed by atoms with E-state index in [2.05, 4.69) is 0 Å². The number of nitrogens with two attached hydrogens (primary N) is 1. The van der Waals surface area contributed by atoms with Gasteiger partial charge in [-0.15, -0.1) is 0 Å². The second-order valence-electron chi connectivity index (χ2n) is 7.04. The maximum absolute atomic E-state index is 12.9. The van der Waals surface area contributed by atoms with Crippen LogP contribution in [0.2, 0.25) is 0 Å². The standard InChI is InChI=1S/C19H23N3O5S2/c1-28(24,25)22-12-11-21(14-17(22)13-15-5-3-2-4-6-15)19(23)16-7-9-18(10-8-16)29(20,26)27/h2-10,17H,11-14H2,1H3,(H2,20,26,27)/t17-/m1/s1. The summed E-state index contributed by atoms with van der Waals surface area (Å²) in [6.07, 6.45) is 1.66. The summed E-state index contributed by atoms with van der Waals surface area (Å²) in [6.45, 7) is 0.712. The minimum absolute atomic E-state index is 0.0714. The zero-order valence-electron chi connectivity index (χ0n) is 15.9.